The van der Waals surface area contributed by atoms with Gasteiger partial charge in [-0.1, -0.05) is 80.1 Å². The zero-order valence-corrected chi connectivity index (χ0v) is 13.3. The highest BCUT2D eigenvalue weighted by molar-refractivity contribution is 4.76. The molecule has 0 aliphatic heterocycles. The van der Waals surface area contributed by atoms with Crippen molar-refractivity contribution in [3.8, 4) is 0 Å². The summed E-state index contributed by atoms with van der Waals surface area (Å²) < 4.78 is 0. The minimum Gasteiger partial charge on any atom is -0.0654 e. The van der Waals surface area contributed by atoms with Gasteiger partial charge in [-0.2, -0.15) is 0 Å². The molecule has 0 aromatic rings. The lowest BCUT2D eigenvalue weighted by molar-refractivity contribution is 0.168. The largest absolute Gasteiger partial charge is 0.0654 e. The van der Waals surface area contributed by atoms with Gasteiger partial charge in [0.2, 0.25) is 0 Å². The van der Waals surface area contributed by atoms with E-state index in [1.807, 2.05) is 0 Å². The lowest BCUT2D eigenvalue weighted by Gasteiger charge is -2.33. The molecule has 0 amide bonds. The zero-order chi connectivity index (χ0) is 13.3. The fraction of sp³-hybridized carbons (Fsp3) is 1.00. The molecule has 0 N–H and O–H groups in total. The summed E-state index contributed by atoms with van der Waals surface area (Å²) in [5.41, 5.74) is 0. The summed E-state index contributed by atoms with van der Waals surface area (Å²) in [6, 6.07) is 0. The molecule has 0 fully saturated rings. The Morgan fingerprint density at radius 3 is 1.65 bits per heavy atom. The van der Waals surface area contributed by atoms with Crippen LogP contribution < -0.4 is 0 Å². The zero-order valence-electron chi connectivity index (χ0n) is 13.3. The second-order valence-corrected chi connectivity index (χ2v) is 5.95. The van der Waals surface area contributed by atoms with Gasteiger partial charge in [-0.05, 0) is 30.1 Å². The normalized spacial score (nSPS) is 18.7. The summed E-state index contributed by atoms with van der Waals surface area (Å²) in [5.74, 6) is 3.82. The molecule has 0 heteroatoms. The first-order chi connectivity index (χ1) is 8.14. The third-order valence-corrected chi connectivity index (χ3v) is 4.79. The summed E-state index contributed by atoms with van der Waals surface area (Å²) in [6.45, 7) is 14.3. The van der Waals surface area contributed by atoms with Gasteiger partial charge in [0.05, 0.1) is 0 Å². The van der Waals surface area contributed by atoms with Gasteiger partial charge in [0.1, 0.15) is 0 Å². The van der Waals surface area contributed by atoms with Crippen LogP contribution in [0.5, 0.6) is 0 Å². The molecule has 4 atom stereocenters. The van der Waals surface area contributed by atoms with E-state index in [4.69, 9.17) is 0 Å². The average molecular weight is 240 g/mol. The first kappa shape index (κ1) is 17.0. The van der Waals surface area contributed by atoms with Crippen molar-refractivity contribution in [1.82, 2.24) is 0 Å². The summed E-state index contributed by atoms with van der Waals surface area (Å²) in [6.07, 6.45) is 9.73. The van der Waals surface area contributed by atoms with Crippen LogP contribution in [0, 0.1) is 23.7 Å². The van der Waals surface area contributed by atoms with E-state index in [1.165, 1.54) is 44.9 Å². The van der Waals surface area contributed by atoms with Gasteiger partial charge in [0, 0.05) is 0 Å². The van der Waals surface area contributed by atoms with Crippen molar-refractivity contribution in [3.63, 3.8) is 0 Å². The van der Waals surface area contributed by atoms with Crippen molar-refractivity contribution in [1.29, 1.82) is 0 Å². The van der Waals surface area contributed by atoms with Crippen molar-refractivity contribution < 1.29 is 0 Å². The molecule has 0 aromatic carbocycles. The van der Waals surface area contributed by atoms with Crippen LogP contribution in [0.3, 0.4) is 0 Å². The molecule has 0 saturated heterocycles. The van der Waals surface area contributed by atoms with Gasteiger partial charge >= 0.3 is 0 Å². The molecule has 0 bridgehead atoms. The van der Waals surface area contributed by atoms with E-state index in [2.05, 4.69) is 41.5 Å². The van der Waals surface area contributed by atoms with E-state index in [0.29, 0.717) is 0 Å². The van der Waals surface area contributed by atoms with Crippen LogP contribution in [0.2, 0.25) is 0 Å². The summed E-state index contributed by atoms with van der Waals surface area (Å²) >= 11 is 0. The molecule has 4 unspecified atom stereocenters. The number of rotatable bonds is 10. The van der Waals surface area contributed by atoms with Gasteiger partial charge in [0.25, 0.3) is 0 Å². The fourth-order valence-corrected chi connectivity index (χ4v) is 3.47. The maximum absolute atomic E-state index is 2.43. The highest BCUT2D eigenvalue weighted by Crippen LogP contribution is 2.36. The van der Waals surface area contributed by atoms with Crippen LogP contribution in [0.4, 0.5) is 0 Å². The van der Waals surface area contributed by atoms with Crippen LogP contribution in [0.15, 0.2) is 0 Å². The maximum Gasteiger partial charge on any atom is -0.0360 e. The Labute approximate surface area is 111 Å². The van der Waals surface area contributed by atoms with Crippen LogP contribution >= 0.6 is 0 Å². The predicted octanol–water partition coefficient (Wildman–Crippen LogP) is 6.30. The molecule has 0 nitrogen and oxygen atoms in total. The van der Waals surface area contributed by atoms with Crippen molar-refractivity contribution in [2.45, 2.75) is 86.5 Å². The minimum atomic E-state index is 0.910. The molecule has 17 heavy (non-hydrogen) atoms. The second-order valence-electron chi connectivity index (χ2n) is 5.95. The molecule has 0 rings (SSSR count). The van der Waals surface area contributed by atoms with Crippen LogP contribution in [-0.2, 0) is 0 Å². The monoisotopic (exact) mass is 240 g/mol. The smallest absolute Gasteiger partial charge is 0.0360 e. The highest BCUT2D eigenvalue weighted by atomic mass is 14.3. The third kappa shape index (κ3) is 5.93. The minimum absolute atomic E-state index is 0.910. The lowest BCUT2D eigenvalue weighted by atomic mass is 9.72. The number of hydrogen-bond acceptors (Lipinski definition) is 0. The van der Waals surface area contributed by atoms with E-state index in [0.717, 1.165) is 23.7 Å². The molecule has 0 aliphatic rings. The third-order valence-electron chi connectivity index (χ3n) is 4.79. The quantitative estimate of drug-likeness (QED) is 0.420. The van der Waals surface area contributed by atoms with Crippen molar-refractivity contribution >= 4 is 0 Å². The molecule has 0 aromatic heterocycles. The first-order valence-corrected chi connectivity index (χ1v) is 8.14. The van der Waals surface area contributed by atoms with E-state index >= 15 is 0 Å². The summed E-state index contributed by atoms with van der Waals surface area (Å²) in [5, 5.41) is 0. The average Bonchev–Trinajstić information content (AvgIpc) is 2.36. The van der Waals surface area contributed by atoms with Gasteiger partial charge in [0.15, 0.2) is 0 Å². The molecule has 104 valence electrons. The highest BCUT2D eigenvalue weighted by Gasteiger charge is 2.26. The molecular formula is C17H36. The molecule has 0 heterocycles. The molecule has 0 saturated carbocycles. The Kier molecular flexibility index (Phi) is 9.97. The lowest BCUT2D eigenvalue weighted by Crippen LogP contribution is -2.24. The standard InChI is InChI=1S/C17H36/c1-7-12-15(9-3)17(11-5)16(10-4)13-14(6)8-2/h14-17H,7-13H2,1-6H3. The molecule has 0 aliphatic carbocycles. The van der Waals surface area contributed by atoms with Gasteiger partial charge in [-0.25, -0.2) is 0 Å². The van der Waals surface area contributed by atoms with E-state index in [9.17, 15) is 0 Å². The van der Waals surface area contributed by atoms with Crippen molar-refractivity contribution in [3.05, 3.63) is 0 Å². The Morgan fingerprint density at radius 1 is 0.706 bits per heavy atom. The molecule has 0 spiro atoms. The van der Waals surface area contributed by atoms with Gasteiger partial charge in [-0.3, -0.25) is 0 Å². The van der Waals surface area contributed by atoms with E-state index in [-0.39, 0.29) is 0 Å². The number of hydrogen-bond donors (Lipinski definition) is 0. The fourth-order valence-electron chi connectivity index (χ4n) is 3.47. The Bertz CT molecular complexity index is 161. The SMILES string of the molecule is CCCC(CC)C(CC)C(CC)CC(C)CC. The van der Waals surface area contributed by atoms with Crippen LogP contribution in [0.25, 0.3) is 0 Å². The topological polar surface area (TPSA) is 0 Å². The van der Waals surface area contributed by atoms with Crippen LogP contribution in [0.1, 0.15) is 86.5 Å². The maximum atomic E-state index is 2.43. The Morgan fingerprint density at radius 2 is 1.29 bits per heavy atom. The molecule has 0 radical (unpaired) electrons. The Hall–Kier alpha value is 0. The van der Waals surface area contributed by atoms with Crippen molar-refractivity contribution in [2.75, 3.05) is 0 Å². The van der Waals surface area contributed by atoms with Crippen LogP contribution in [-0.4, -0.2) is 0 Å². The van der Waals surface area contributed by atoms with Gasteiger partial charge < -0.3 is 0 Å². The first-order valence-electron chi connectivity index (χ1n) is 8.14. The van der Waals surface area contributed by atoms with Crippen molar-refractivity contribution in [2.24, 2.45) is 23.7 Å². The summed E-state index contributed by atoms with van der Waals surface area (Å²) in [4.78, 5) is 0. The molecular weight excluding hydrogens is 204 g/mol. The second kappa shape index (κ2) is 9.97. The Balaban J connectivity index is 4.54. The van der Waals surface area contributed by atoms with E-state index < -0.39 is 0 Å². The predicted molar refractivity (Wildman–Crippen MR) is 80.3 cm³/mol. The van der Waals surface area contributed by atoms with E-state index in [1.54, 1.807) is 0 Å². The summed E-state index contributed by atoms with van der Waals surface area (Å²) in [7, 11) is 0. The van der Waals surface area contributed by atoms with Gasteiger partial charge in [-0.15, -0.1) is 0 Å².